The number of benzene rings is 2. The van der Waals surface area contributed by atoms with Gasteiger partial charge >= 0.3 is 0 Å². The van der Waals surface area contributed by atoms with Gasteiger partial charge in [-0.25, -0.2) is 9.37 Å². The summed E-state index contributed by atoms with van der Waals surface area (Å²) in [6.45, 7) is 0.439. The maximum Gasteiger partial charge on any atom is 0.261 e. The minimum atomic E-state index is -0.871. The fourth-order valence-electron chi connectivity index (χ4n) is 2.43. The number of nitrogens with zero attached hydrogens (tertiary/aromatic N) is 2. The van der Waals surface area contributed by atoms with Crippen molar-refractivity contribution in [3.05, 3.63) is 75.5 Å². The molecule has 3 rings (SSSR count). The summed E-state index contributed by atoms with van der Waals surface area (Å²) in [7, 11) is 0. The van der Waals surface area contributed by atoms with E-state index in [9.17, 15) is 14.3 Å². The molecule has 1 heterocycles. The molecule has 0 aliphatic rings. The summed E-state index contributed by atoms with van der Waals surface area (Å²) < 4.78 is 19.9. The van der Waals surface area contributed by atoms with E-state index >= 15 is 0 Å². The zero-order valence-corrected chi connectivity index (χ0v) is 14.0. The lowest BCUT2D eigenvalue weighted by Gasteiger charge is -2.13. The van der Waals surface area contributed by atoms with E-state index in [4.69, 9.17) is 16.3 Å². The molecular weight excluding hydrogens is 347 g/mol. The monoisotopic (exact) mass is 362 g/mol. The Hall–Kier alpha value is -2.28. The average Bonchev–Trinajstić information content (AvgIpc) is 2.59. The third-order valence-electron chi connectivity index (χ3n) is 3.69. The van der Waals surface area contributed by atoms with Crippen molar-refractivity contribution in [1.82, 2.24) is 9.55 Å². The van der Waals surface area contributed by atoms with Crippen molar-refractivity contribution in [1.29, 1.82) is 0 Å². The maximum atomic E-state index is 13.2. The fraction of sp³-hybridized carbons (Fsp3) is 0.222. The molecule has 1 unspecified atom stereocenters. The molecule has 1 atom stereocenters. The third kappa shape index (κ3) is 4.42. The van der Waals surface area contributed by atoms with Gasteiger partial charge in [0.25, 0.3) is 5.56 Å². The number of rotatable bonds is 6. The summed E-state index contributed by atoms with van der Waals surface area (Å²) in [5, 5.41) is 11.0. The van der Waals surface area contributed by atoms with Crippen LogP contribution in [0.5, 0.6) is 0 Å². The van der Waals surface area contributed by atoms with E-state index in [2.05, 4.69) is 4.98 Å². The Balaban J connectivity index is 1.61. The number of hydrogen-bond acceptors (Lipinski definition) is 4. The summed E-state index contributed by atoms with van der Waals surface area (Å²) in [5.74, 6) is -0.451. The third-order valence-corrected chi connectivity index (χ3v) is 3.94. The summed E-state index contributed by atoms with van der Waals surface area (Å²) in [6.07, 6.45) is 0.427. The Morgan fingerprint density at radius 1 is 1.24 bits per heavy atom. The van der Waals surface area contributed by atoms with Crippen LogP contribution in [0.25, 0.3) is 10.9 Å². The largest absolute Gasteiger partial charge is 0.389 e. The minimum absolute atomic E-state index is 0.0414. The van der Waals surface area contributed by atoms with Crippen molar-refractivity contribution < 1.29 is 14.2 Å². The van der Waals surface area contributed by atoms with Crippen LogP contribution < -0.4 is 5.56 Å². The number of aromatic nitrogens is 2. The zero-order chi connectivity index (χ0) is 17.8. The van der Waals surface area contributed by atoms with E-state index in [-0.39, 0.29) is 24.2 Å². The molecule has 0 saturated heterocycles. The Kier molecular flexibility index (Phi) is 5.43. The van der Waals surface area contributed by atoms with Crippen molar-refractivity contribution >= 4 is 22.5 Å². The van der Waals surface area contributed by atoms with Gasteiger partial charge in [-0.3, -0.25) is 9.36 Å². The summed E-state index contributed by atoms with van der Waals surface area (Å²) in [6, 6.07) is 11.0. The smallest absolute Gasteiger partial charge is 0.261 e. The molecule has 0 spiro atoms. The van der Waals surface area contributed by atoms with Crippen LogP contribution in [0.15, 0.2) is 53.6 Å². The molecule has 3 aromatic rings. The van der Waals surface area contributed by atoms with Crippen LogP contribution in [0.2, 0.25) is 5.02 Å². The number of halogens is 2. The lowest BCUT2D eigenvalue weighted by molar-refractivity contribution is 0.0198. The SMILES string of the molecule is O=c1c2ccc(F)cc2ncn1CC(O)COCc1ccc(Cl)cc1. The van der Waals surface area contributed by atoms with Gasteiger partial charge in [-0.2, -0.15) is 0 Å². The molecule has 2 aromatic carbocycles. The van der Waals surface area contributed by atoms with Crippen LogP contribution in [-0.2, 0) is 17.9 Å². The van der Waals surface area contributed by atoms with Crippen LogP contribution in [-0.4, -0.2) is 27.4 Å². The highest BCUT2D eigenvalue weighted by Crippen LogP contribution is 2.11. The van der Waals surface area contributed by atoms with Crippen molar-refractivity contribution in [2.75, 3.05) is 6.61 Å². The second-order valence-electron chi connectivity index (χ2n) is 5.66. The first-order chi connectivity index (χ1) is 12.0. The van der Waals surface area contributed by atoms with Crippen molar-refractivity contribution in [3.63, 3.8) is 0 Å². The maximum absolute atomic E-state index is 13.2. The van der Waals surface area contributed by atoms with E-state index in [1.165, 1.54) is 29.1 Å². The van der Waals surface area contributed by atoms with Crippen molar-refractivity contribution in [2.45, 2.75) is 19.3 Å². The Morgan fingerprint density at radius 3 is 2.76 bits per heavy atom. The molecular formula is C18H16ClFN2O3. The standard InChI is InChI=1S/C18H16ClFN2O3/c19-13-3-1-12(2-4-13)9-25-10-15(23)8-22-11-21-17-7-14(20)5-6-16(17)18(22)24/h1-7,11,15,23H,8-10H2. The molecule has 0 saturated carbocycles. The molecule has 0 amide bonds. The van der Waals surface area contributed by atoms with Gasteiger partial charge in [0, 0.05) is 11.1 Å². The first kappa shape index (κ1) is 17.5. The zero-order valence-electron chi connectivity index (χ0n) is 13.2. The normalized spacial score (nSPS) is 12.4. The van der Waals surface area contributed by atoms with Crippen LogP contribution in [0.1, 0.15) is 5.56 Å². The van der Waals surface area contributed by atoms with Gasteiger partial charge in [-0.1, -0.05) is 23.7 Å². The number of aliphatic hydroxyl groups is 1. The minimum Gasteiger partial charge on any atom is -0.389 e. The van der Waals surface area contributed by atoms with E-state index < -0.39 is 11.9 Å². The molecule has 1 aromatic heterocycles. The quantitative estimate of drug-likeness (QED) is 0.732. The van der Waals surface area contributed by atoms with Gasteiger partial charge in [-0.05, 0) is 29.8 Å². The van der Waals surface area contributed by atoms with E-state index in [0.717, 1.165) is 5.56 Å². The average molecular weight is 363 g/mol. The molecule has 130 valence electrons. The van der Waals surface area contributed by atoms with Crippen molar-refractivity contribution in [3.8, 4) is 0 Å². The molecule has 25 heavy (non-hydrogen) atoms. The van der Waals surface area contributed by atoms with E-state index in [1.54, 1.807) is 12.1 Å². The van der Waals surface area contributed by atoms with Crippen LogP contribution in [0.3, 0.4) is 0 Å². The Labute approximate surface area is 148 Å². The molecule has 0 aliphatic carbocycles. The number of fused-ring (bicyclic) bond motifs is 1. The Morgan fingerprint density at radius 2 is 2.00 bits per heavy atom. The number of ether oxygens (including phenoxy) is 1. The second-order valence-corrected chi connectivity index (χ2v) is 6.10. The predicted octanol–water partition coefficient (Wildman–Crippen LogP) is 2.77. The van der Waals surface area contributed by atoms with E-state index in [0.29, 0.717) is 17.0 Å². The first-order valence-corrected chi connectivity index (χ1v) is 8.05. The molecule has 1 N–H and O–H groups in total. The van der Waals surface area contributed by atoms with Crippen LogP contribution in [0, 0.1) is 5.82 Å². The number of aliphatic hydroxyl groups excluding tert-OH is 1. The second kappa shape index (κ2) is 7.74. The molecule has 0 fully saturated rings. The highest BCUT2D eigenvalue weighted by molar-refractivity contribution is 6.30. The van der Waals surface area contributed by atoms with Gasteiger partial charge in [0.05, 0.1) is 43.1 Å². The van der Waals surface area contributed by atoms with Gasteiger partial charge in [0.15, 0.2) is 0 Å². The van der Waals surface area contributed by atoms with Gasteiger partial charge in [0.2, 0.25) is 0 Å². The van der Waals surface area contributed by atoms with Crippen LogP contribution in [0.4, 0.5) is 4.39 Å². The molecule has 0 radical (unpaired) electrons. The first-order valence-electron chi connectivity index (χ1n) is 7.68. The molecule has 7 heteroatoms. The lowest BCUT2D eigenvalue weighted by atomic mass is 10.2. The molecule has 0 bridgehead atoms. The summed E-state index contributed by atoms with van der Waals surface area (Å²) in [4.78, 5) is 16.4. The Bertz CT molecular complexity index is 928. The van der Waals surface area contributed by atoms with E-state index in [1.807, 2.05) is 12.1 Å². The topological polar surface area (TPSA) is 64.4 Å². The summed E-state index contributed by atoms with van der Waals surface area (Å²) in [5.41, 5.74) is 0.889. The van der Waals surface area contributed by atoms with Gasteiger partial charge in [0.1, 0.15) is 5.82 Å². The molecule has 0 aliphatic heterocycles. The predicted molar refractivity (Wildman–Crippen MR) is 93.1 cm³/mol. The fourth-order valence-corrected chi connectivity index (χ4v) is 2.56. The lowest BCUT2D eigenvalue weighted by Crippen LogP contribution is -2.29. The molecule has 5 nitrogen and oxygen atoms in total. The van der Waals surface area contributed by atoms with Crippen LogP contribution >= 0.6 is 11.6 Å². The number of hydrogen-bond donors (Lipinski definition) is 1. The van der Waals surface area contributed by atoms with Crippen molar-refractivity contribution in [2.24, 2.45) is 0 Å². The highest BCUT2D eigenvalue weighted by atomic mass is 35.5. The highest BCUT2D eigenvalue weighted by Gasteiger charge is 2.10. The van der Waals surface area contributed by atoms with Gasteiger partial charge < -0.3 is 9.84 Å². The van der Waals surface area contributed by atoms with Gasteiger partial charge in [-0.15, -0.1) is 0 Å². The summed E-state index contributed by atoms with van der Waals surface area (Å²) >= 11 is 5.81.